The maximum atomic E-state index is 13.4. The Labute approximate surface area is 176 Å². The van der Waals surface area contributed by atoms with Crippen molar-refractivity contribution in [3.8, 4) is 0 Å². The van der Waals surface area contributed by atoms with Gasteiger partial charge in [-0.3, -0.25) is 4.79 Å². The molecular formula is C24H28FN3O2. The first-order chi connectivity index (χ1) is 14.6. The lowest BCUT2D eigenvalue weighted by molar-refractivity contribution is 0.0664. The average molecular weight is 410 g/mol. The molecule has 0 bridgehead atoms. The van der Waals surface area contributed by atoms with E-state index in [2.05, 4.69) is 29.6 Å². The van der Waals surface area contributed by atoms with E-state index in [1.165, 1.54) is 36.6 Å². The Morgan fingerprint density at radius 3 is 2.23 bits per heavy atom. The molecule has 3 amide bonds. The summed E-state index contributed by atoms with van der Waals surface area (Å²) in [4.78, 5) is 28.8. The van der Waals surface area contributed by atoms with E-state index in [0.29, 0.717) is 38.3 Å². The number of urea groups is 1. The van der Waals surface area contributed by atoms with Gasteiger partial charge in [-0.1, -0.05) is 49.2 Å². The van der Waals surface area contributed by atoms with E-state index in [4.69, 9.17) is 0 Å². The van der Waals surface area contributed by atoms with Gasteiger partial charge in [-0.2, -0.15) is 0 Å². The van der Waals surface area contributed by atoms with Crippen LogP contribution in [-0.4, -0.2) is 54.5 Å². The molecule has 2 fully saturated rings. The largest absolute Gasteiger partial charge is 0.337 e. The quantitative estimate of drug-likeness (QED) is 0.835. The van der Waals surface area contributed by atoms with Crippen LogP contribution in [0, 0.1) is 5.82 Å². The molecule has 158 valence electrons. The maximum Gasteiger partial charge on any atom is 0.317 e. The van der Waals surface area contributed by atoms with Crippen LogP contribution in [-0.2, 0) is 5.41 Å². The highest BCUT2D eigenvalue weighted by atomic mass is 19.1. The highest BCUT2D eigenvalue weighted by Gasteiger charge is 2.36. The predicted octanol–water partition coefficient (Wildman–Crippen LogP) is 3.81. The van der Waals surface area contributed by atoms with Gasteiger partial charge in [0, 0.05) is 43.7 Å². The molecule has 0 radical (unpaired) electrons. The van der Waals surface area contributed by atoms with Gasteiger partial charge in [0.2, 0.25) is 0 Å². The molecule has 1 saturated carbocycles. The van der Waals surface area contributed by atoms with Gasteiger partial charge < -0.3 is 15.1 Å². The summed E-state index contributed by atoms with van der Waals surface area (Å²) in [6, 6.07) is 16.1. The number of benzene rings is 2. The number of halogens is 1. The number of amides is 3. The molecule has 1 aliphatic carbocycles. The zero-order valence-corrected chi connectivity index (χ0v) is 17.1. The highest BCUT2D eigenvalue weighted by molar-refractivity contribution is 5.94. The molecule has 0 atom stereocenters. The van der Waals surface area contributed by atoms with Crippen LogP contribution in [0.5, 0.6) is 0 Å². The maximum absolute atomic E-state index is 13.4. The van der Waals surface area contributed by atoms with Crippen LogP contribution in [0.2, 0.25) is 0 Å². The van der Waals surface area contributed by atoms with E-state index < -0.39 is 5.82 Å². The van der Waals surface area contributed by atoms with Crippen molar-refractivity contribution in [1.82, 2.24) is 15.1 Å². The van der Waals surface area contributed by atoms with Crippen molar-refractivity contribution in [2.45, 2.75) is 31.1 Å². The number of nitrogens with zero attached hydrogens (tertiary/aromatic N) is 2. The minimum absolute atomic E-state index is 0.0199. The summed E-state index contributed by atoms with van der Waals surface area (Å²) in [5, 5.41) is 3.15. The lowest BCUT2D eigenvalue weighted by atomic mass is 9.79. The normalized spacial score (nSPS) is 18.3. The lowest BCUT2D eigenvalue weighted by Crippen LogP contribution is -2.54. The molecule has 0 aromatic heterocycles. The van der Waals surface area contributed by atoms with Gasteiger partial charge in [-0.15, -0.1) is 0 Å². The summed E-state index contributed by atoms with van der Waals surface area (Å²) >= 11 is 0. The van der Waals surface area contributed by atoms with Crippen LogP contribution in [0.25, 0.3) is 0 Å². The Kier molecular flexibility index (Phi) is 6.02. The third-order valence-electron chi connectivity index (χ3n) is 6.45. The van der Waals surface area contributed by atoms with E-state index in [-0.39, 0.29) is 17.4 Å². The van der Waals surface area contributed by atoms with Crippen molar-refractivity contribution in [3.05, 3.63) is 71.5 Å². The second-order valence-corrected chi connectivity index (χ2v) is 8.30. The Morgan fingerprint density at radius 1 is 0.900 bits per heavy atom. The monoisotopic (exact) mass is 409 g/mol. The van der Waals surface area contributed by atoms with Gasteiger partial charge in [-0.05, 0) is 36.6 Å². The summed E-state index contributed by atoms with van der Waals surface area (Å²) in [6.45, 7) is 2.49. The zero-order valence-electron chi connectivity index (χ0n) is 17.1. The van der Waals surface area contributed by atoms with E-state index >= 15 is 0 Å². The second kappa shape index (κ2) is 8.86. The van der Waals surface area contributed by atoms with Crippen LogP contribution < -0.4 is 5.32 Å². The minimum Gasteiger partial charge on any atom is -0.337 e. The first-order valence-corrected chi connectivity index (χ1v) is 10.7. The van der Waals surface area contributed by atoms with Gasteiger partial charge in [0.15, 0.2) is 0 Å². The topological polar surface area (TPSA) is 52.7 Å². The Hall–Kier alpha value is -2.89. The molecule has 1 heterocycles. The van der Waals surface area contributed by atoms with E-state index in [0.717, 1.165) is 12.8 Å². The number of rotatable bonds is 4. The predicted molar refractivity (Wildman–Crippen MR) is 114 cm³/mol. The van der Waals surface area contributed by atoms with Crippen molar-refractivity contribution in [1.29, 1.82) is 0 Å². The molecule has 0 unspecified atom stereocenters. The average Bonchev–Trinajstić information content (AvgIpc) is 3.28. The molecule has 5 nitrogen and oxygen atoms in total. The molecule has 4 rings (SSSR count). The van der Waals surface area contributed by atoms with Crippen LogP contribution in [0.15, 0.2) is 54.6 Å². The Balaban J connectivity index is 1.32. The number of hydrogen-bond acceptors (Lipinski definition) is 2. The second-order valence-electron chi connectivity index (χ2n) is 8.30. The summed E-state index contributed by atoms with van der Waals surface area (Å²) < 4.78 is 13.4. The third-order valence-corrected chi connectivity index (χ3v) is 6.45. The van der Waals surface area contributed by atoms with E-state index in [1.807, 2.05) is 6.07 Å². The fraction of sp³-hybridized carbons (Fsp3) is 0.417. The standard InChI is InChI=1S/C24H28FN3O2/c25-21-10-6-7-19(17-21)22(29)27-13-15-28(16-14-27)23(30)26-18-24(11-4-5-12-24)20-8-2-1-3-9-20/h1-3,6-10,17H,4-5,11-16,18H2,(H,26,30). The van der Waals surface area contributed by atoms with Crippen molar-refractivity contribution >= 4 is 11.9 Å². The fourth-order valence-electron chi connectivity index (χ4n) is 4.68. The van der Waals surface area contributed by atoms with Crippen molar-refractivity contribution in [3.63, 3.8) is 0 Å². The summed E-state index contributed by atoms with van der Waals surface area (Å²) in [5.41, 5.74) is 1.67. The van der Waals surface area contributed by atoms with Gasteiger partial charge in [0.05, 0.1) is 0 Å². The molecule has 6 heteroatoms. The number of hydrogen-bond donors (Lipinski definition) is 1. The summed E-state index contributed by atoms with van der Waals surface area (Å²) in [7, 11) is 0. The fourth-order valence-corrected chi connectivity index (χ4v) is 4.68. The molecule has 1 aliphatic heterocycles. The number of carbonyl (C=O) groups excluding carboxylic acids is 2. The number of piperazine rings is 1. The first kappa shape index (κ1) is 20.4. The molecule has 2 aromatic carbocycles. The highest BCUT2D eigenvalue weighted by Crippen LogP contribution is 2.40. The van der Waals surface area contributed by atoms with E-state index in [9.17, 15) is 14.0 Å². The van der Waals surface area contributed by atoms with Crippen molar-refractivity contribution in [2.24, 2.45) is 0 Å². The Bertz CT molecular complexity index is 888. The smallest absolute Gasteiger partial charge is 0.317 e. The van der Waals surface area contributed by atoms with Gasteiger partial charge >= 0.3 is 6.03 Å². The molecule has 1 N–H and O–H groups in total. The van der Waals surface area contributed by atoms with Gasteiger partial charge in [-0.25, -0.2) is 9.18 Å². The number of carbonyl (C=O) groups is 2. The van der Waals surface area contributed by atoms with Crippen LogP contribution >= 0.6 is 0 Å². The molecule has 2 aliphatic rings. The molecule has 1 saturated heterocycles. The molecular weight excluding hydrogens is 381 g/mol. The van der Waals surface area contributed by atoms with Crippen molar-refractivity contribution < 1.29 is 14.0 Å². The summed E-state index contributed by atoms with van der Waals surface area (Å²) in [6.07, 6.45) is 4.55. The first-order valence-electron chi connectivity index (χ1n) is 10.7. The molecule has 0 spiro atoms. The number of nitrogens with one attached hydrogen (secondary N) is 1. The SMILES string of the molecule is O=C(NCC1(c2ccccc2)CCCC1)N1CCN(C(=O)c2cccc(F)c2)CC1. The molecule has 30 heavy (non-hydrogen) atoms. The van der Waals surface area contributed by atoms with Crippen molar-refractivity contribution in [2.75, 3.05) is 32.7 Å². The minimum atomic E-state index is -0.418. The van der Waals surface area contributed by atoms with Crippen LogP contribution in [0.4, 0.5) is 9.18 Å². The molecule has 2 aromatic rings. The third kappa shape index (κ3) is 4.32. The zero-order chi connectivity index (χ0) is 21.0. The van der Waals surface area contributed by atoms with Crippen LogP contribution in [0.1, 0.15) is 41.6 Å². The van der Waals surface area contributed by atoms with Gasteiger partial charge in [0.1, 0.15) is 5.82 Å². The van der Waals surface area contributed by atoms with E-state index in [1.54, 1.807) is 15.9 Å². The lowest BCUT2D eigenvalue weighted by Gasteiger charge is -2.36. The summed E-state index contributed by atoms with van der Waals surface area (Å²) in [5.74, 6) is -0.610. The Morgan fingerprint density at radius 2 is 1.57 bits per heavy atom. The van der Waals surface area contributed by atoms with Crippen LogP contribution in [0.3, 0.4) is 0 Å². The van der Waals surface area contributed by atoms with Gasteiger partial charge in [0.25, 0.3) is 5.91 Å².